The van der Waals surface area contributed by atoms with Crippen LogP contribution < -0.4 is 0 Å². The largest absolute Gasteiger partial charge is 0.310 e. The second-order valence-electron chi connectivity index (χ2n) is 13.9. The lowest BCUT2D eigenvalue weighted by Gasteiger charge is -2.24. The molecule has 1 aliphatic carbocycles. The molecule has 51 heavy (non-hydrogen) atoms. The Labute approximate surface area is 295 Å². The number of hydrogen-bond donors (Lipinski definition) is 0. The highest BCUT2D eigenvalue weighted by Gasteiger charge is 2.38. The van der Waals surface area contributed by atoms with E-state index in [-0.39, 0.29) is 5.41 Å². The van der Waals surface area contributed by atoms with Crippen LogP contribution in [-0.2, 0) is 5.41 Å². The lowest BCUT2D eigenvalue weighted by atomic mass is 9.81. The highest BCUT2D eigenvalue weighted by atomic mass is 15.0. The van der Waals surface area contributed by atoms with Gasteiger partial charge in [0.2, 0.25) is 0 Å². The molecule has 0 radical (unpaired) electrons. The monoisotopic (exact) mass is 650 g/mol. The van der Waals surface area contributed by atoms with Crippen molar-refractivity contribution < 1.29 is 0 Å². The Morgan fingerprint density at radius 2 is 1.16 bits per heavy atom. The fourth-order valence-electron chi connectivity index (χ4n) is 8.76. The summed E-state index contributed by atoms with van der Waals surface area (Å²) in [5, 5.41) is 15.5. The van der Waals surface area contributed by atoms with E-state index in [0.29, 0.717) is 11.3 Å². The van der Waals surface area contributed by atoms with Gasteiger partial charge in [-0.3, -0.25) is 0 Å². The van der Waals surface area contributed by atoms with Gasteiger partial charge in [0, 0.05) is 49.5 Å². The molecule has 2 heterocycles. The minimum Gasteiger partial charge on any atom is -0.310 e. The molecular weight excluding hydrogens is 621 g/mol. The van der Waals surface area contributed by atoms with Crippen LogP contribution in [0.1, 0.15) is 30.5 Å². The van der Waals surface area contributed by atoms with E-state index >= 15 is 0 Å². The van der Waals surface area contributed by atoms with Crippen LogP contribution in [0.15, 0.2) is 146 Å². The summed E-state index contributed by atoms with van der Waals surface area (Å²) in [6, 6.07) is 53.3. The van der Waals surface area contributed by atoms with Crippen molar-refractivity contribution in [3.8, 4) is 39.7 Å². The SMILES string of the molecule is [C-]#[N+]c1ccc(-c2ccc(-n3c4ccccc4c4ccc5c(c43)C(C)(C)c3ccccc3-5)cc2C#N)c(-n2c3ccccc3c3ccccc32)c1. The van der Waals surface area contributed by atoms with Gasteiger partial charge in [-0.15, -0.1) is 0 Å². The van der Waals surface area contributed by atoms with Crippen LogP contribution in [0.2, 0.25) is 0 Å². The van der Waals surface area contributed by atoms with Gasteiger partial charge < -0.3 is 9.13 Å². The Kier molecular flexibility index (Phi) is 6.02. The zero-order chi connectivity index (χ0) is 34.4. The summed E-state index contributed by atoms with van der Waals surface area (Å²) in [6.07, 6.45) is 0. The summed E-state index contributed by atoms with van der Waals surface area (Å²) in [6.45, 7) is 12.5. The third-order valence-electron chi connectivity index (χ3n) is 11.0. The number of fused-ring (bicyclic) bond motifs is 10. The molecule has 7 aromatic carbocycles. The molecule has 2 aromatic heterocycles. The van der Waals surface area contributed by atoms with Crippen molar-refractivity contribution >= 4 is 49.3 Å². The number of nitrogens with zero attached hydrogens (tertiary/aromatic N) is 4. The first-order valence-corrected chi connectivity index (χ1v) is 17.2. The first-order chi connectivity index (χ1) is 25.0. The van der Waals surface area contributed by atoms with Crippen LogP contribution in [-0.4, -0.2) is 9.13 Å². The molecule has 0 unspecified atom stereocenters. The zero-order valence-corrected chi connectivity index (χ0v) is 28.1. The predicted molar refractivity (Wildman–Crippen MR) is 209 cm³/mol. The molecule has 0 saturated heterocycles. The van der Waals surface area contributed by atoms with E-state index < -0.39 is 0 Å². The summed E-state index contributed by atoms with van der Waals surface area (Å²) in [7, 11) is 0. The van der Waals surface area contributed by atoms with Crippen molar-refractivity contribution in [3.63, 3.8) is 0 Å². The minimum atomic E-state index is -0.211. The maximum atomic E-state index is 10.8. The fourth-order valence-corrected chi connectivity index (χ4v) is 8.76. The summed E-state index contributed by atoms with van der Waals surface area (Å²) < 4.78 is 4.59. The third kappa shape index (κ3) is 3.93. The maximum Gasteiger partial charge on any atom is 0.189 e. The summed E-state index contributed by atoms with van der Waals surface area (Å²) in [5.41, 5.74) is 14.0. The van der Waals surface area contributed by atoms with Crippen LogP contribution in [0.3, 0.4) is 0 Å². The minimum absolute atomic E-state index is 0.211. The topological polar surface area (TPSA) is 38.0 Å². The molecule has 0 saturated carbocycles. The molecule has 0 bridgehead atoms. The normalized spacial score (nSPS) is 13.0. The van der Waals surface area contributed by atoms with Gasteiger partial charge in [-0.2, -0.15) is 5.26 Å². The van der Waals surface area contributed by atoms with Crippen LogP contribution in [0.25, 0.3) is 82.1 Å². The van der Waals surface area contributed by atoms with Crippen molar-refractivity contribution in [1.82, 2.24) is 9.13 Å². The molecule has 1 aliphatic rings. The van der Waals surface area contributed by atoms with Gasteiger partial charge in [-0.1, -0.05) is 123 Å². The molecule has 4 nitrogen and oxygen atoms in total. The van der Waals surface area contributed by atoms with Crippen molar-refractivity contribution in [2.24, 2.45) is 0 Å². The number of nitriles is 1. The Morgan fingerprint density at radius 3 is 1.84 bits per heavy atom. The number of hydrogen-bond acceptors (Lipinski definition) is 1. The number of aromatic nitrogens is 2. The van der Waals surface area contributed by atoms with Crippen LogP contribution in [0, 0.1) is 17.9 Å². The lowest BCUT2D eigenvalue weighted by Crippen LogP contribution is -2.16. The molecule has 0 spiro atoms. The van der Waals surface area contributed by atoms with Gasteiger partial charge in [-0.05, 0) is 58.7 Å². The van der Waals surface area contributed by atoms with E-state index in [9.17, 15) is 5.26 Å². The summed E-state index contributed by atoms with van der Waals surface area (Å²) in [4.78, 5) is 3.81. The van der Waals surface area contributed by atoms with Crippen LogP contribution >= 0.6 is 0 Å². The van der Waals surface area contributed by atoms with Gasteiger partial charge in [-0.25, -0.2) is 4.85 Å². The van der Waals surface area contributed by atoms with Gasteiger partial charge in [0.05, 0.1) is 40.3 Å². The average Bonchev–Trinajstić information content (AvgIpc) is 3.78. The molecule has 10 rings (SSSR count). The van der Waals surface area contributed by atoms with E-state index in [1.165, 1.54) is 38.5 Å². The highest BCUT2D eigenvalue weighted by molar-refractivity contribution is 6.13. The zero-order valence-electron chi connectivity index (χ0n) is 28.1. The maximum absolute atomic E-state index is 10.8. The Morgan fingerprint density at radius 1 is 0.569 bits per heavy atom. The molecule has 238 valence electrons. The third-order valence-corrected chi connectivity index (χ3v) is 11.0. The molecule has 0 atom stereocenters. The van der Waals surface area contributed by atoms with Crippen molar-refractivity contribution in [3.05, 3.63) is 174 Å². The predicted octanol–water partition coefficient (Wildman–Crippen LogP) is 12.3. The molecule has 9 aromatic rings. The number of benzene rings is 7. The quantitative estimate of drug-likeness (QED) is 0.175. The number of rotatable bonds is 3. The first kappa shape index (κ1) is 29.1. The van der Waals surface area contributed by atoms with Gasteiger partial charge in [0.25, 0.3) is 0 Å². The standard InChI is InChI=1S/C47H30N4/c1-47(2)40-16-8-4-12-33(40)38-24-25-39-36-15-7-9-17-41(36)50(46(39)45(38)47)31-21-23-32(29(26-31)28-48)37-22-20-30(49-3)27-44(37)51-42-18-10-5-13-34(42)35-14-6-11-19-43(35)51/h4-27H,1-2H3. The smallest absolute Gasteiger partial charge is 0.189 e. The van der Waals surface area contributed by atoms with E-state index in [2.05, 4.69) is 143 Å². The molecule has 0 aliphatic heterocycles. The Bertz CT molecular complexity index is 2980. The van der Waals surface area contributed by atoms with Gasteiger partial charge in [0.1, 0.15) is 0 Å². The van der Waals surface area contributed by atoms with Crippen molar-refractivity contribution in [2.75, 3.05) is 0 Å². The molecule has 4 heteroatoms. The van der Waals surface area contributed by atoms with E-state index in [1.807, 2.05) is 36.4 Å². The van der Waals surface area contributed by atoms with E-state index in [4.69, 9.17) is 6.57 Å². The Hall–Kier alpha value is -6.88. The second-order valence-corrected chi connectivity index (χ2v) is 13.9. The molecule has 0 amide bonds. The van der Waals surface area contributed by atoms with Gasteiger partial charge in [0.15, 0.2) is 5.69 Å². The summed E-state index contributed by atoms with van der Waals surface area (Å²) >= 11 is 0. The van der Waals surface area contributed by atoms with E-state index in [0.717, 1.165) is 49.8 Å². The highest BCUT2D eigenvalue weighted by Crippen LogP contribution is 2.53. The fraction of sp³-hybridized carbons (Fsp3) is 0.0638. The molecule has 0 fully saturated rings. The van der Waals surface area contributed by atoms with Crippen LogP contribution in [0.4, 0.5) is 5.69 Å². The Balaban J connectivity index is 1.24. The van der Waals surface area contributed by atoms with Gasteiger partial charge >= 0.3 is 0 Å². The first-order valence-electron chi connectivity index (χ1n) is 17.2. The second kappa shape index (κ2) is 10.6. The number of para-hydroxylation sites is 3. The lowest BCUT2D eigenvalue weighted by molar-refractivity contribution is 0.664. The average molecular weight is 651 g/mol. The molecule has 0 N–H and O–H groups in total. The summed E-state index contributed by atoms with van der Waals surface area (Å²) in [5.74, 6) is 0. The van der Waals surface area contributed by atoms with Crippen LogP contribution in [0.5, 0.6) is 0 Å². The van der Waals surface area contributed by atoms with Crippen molar-refractivity contribution in [2.45, 2.75) is 19.3 Å². The van der Waals surface area contributed by atoms with Crippen molar-refractivity contribution in [1.29, 1.82) is 5.26 Å². The van der Waals surface area contributed by atoms with E-state index in [1.54, 1.807) is 0 Å². The molecular formula is C47H30N4.